The molecule has 0 aliphatic carbocycles. The molecule has 0 saturated carbocycles. The lowest BCUT2D eigenvalue weighted by Gasteiger charge is -2.38. The van der Waals surface area contributed by atoms with Crippen molar-refractivity contribution in [2.45, 2.75) is 19.5 Å². The van der Waals surface area contributed by atoms with Crippen molar-refractivity contribution in [3.05, 3.63) is 48.5 Å². The highest BCUT2D eigenvalue weighted by molar-refractivity contribution is 5.97. The van der Waals surface area contributed by atoms with E-state index in [4.69, 9.17) is 13.7 Å². The van der Waals surface area contributed by atoms with Gasteiger partial charge in [0.05, 0.1) is 26.0 Å². The number of benzene rings is 1. The molecule has 3 heterocycles. The van der Waals surface area contributed by atoms with Gasteiger partial charge in [-0.15, -0.1) is 0 Å². The molecule has 8 nitrogen and oxygen atoms in total. The SMILES string of the molecule is COc1ccc(N2CCN(Cc3noc(-c4ccco4)n3)[C@H](C)C2=O)cc1. The van der Waals surface area contributed by atoms with Gasteiger partial charge in [0.1, 0.15) is 5.75 Å². The molecule has 0 spiro atoms. The monoisotopic (exact) mass is 368 g/mol. The maximum absolute atomic E-state index is 12.8. The van der Waals surface area contributed by atoms with Crippen LogP contribution in [0.4, 0.5) is 5.69 Å². The minimum Gasteiger partial charge on any atom is -0.497 e. The van der Waals surface area contributed by atoms with Crippen molar-refractivity contribution in [2.24, 2.45) is 0 Å². The van der Waals surface area contributed by atoms with E-state index in [1.807, 2.05) is 36.1 Å². The maximum atomic E-state index is 12.8. The Morgan fingerprint density at radius 1 is 1.22 bits per heavy atom. The van der Waals surface area contributed by atoms with Crippen molar-refractivity contribution < 1.29 is 18.5 Å². The van der Waals surface area contributed by atoms with E-state index in [0.717, 1.165) is 11.4 Å². The number of carbonyl (C=O) groups is 1. The molecule has 1 atom stereocenters. The first kappa shape index (κ1) is 17.3. The summed E-state index contributed by atoms with van der Waals surface area (Å²) in [5.74, 6) is 2.20. The number of anilines is 1. The van der Waals surface area contributed by atoms with Crippen LogP contribution in [0.2, 0.25) is 0 Å². The van der Waals surface area contributed by atoms with Crippen LogP contribution in [-0.2, 0) is 11.3 Å². The quantitative estimate of drug-likeness (QED) is 0.684. The van der Waals surface area contributed by atoms with Crippen molar-refractivity contribution >= 4 is 11.6 Å². The highest BCUT2D eigenvalue weighted by Gasteiger charge is 2.33. The van der Waals surface area contributed by atoms with Crippen LogP contribution < -0.4 is 9.64 Å². The fourth-order valence-electron chi connectivity index (χ4n) is 3.15. The van der Waals surface area contributed by atoms with Gasteiger partial charge >= 0.3 is 0 Å². The zero-order valence-corrected chi connectivity index (χ0v) is 15.2. The Bertz CT molecular complexity index is 904. The molecule has 140 valence electrons. The summed E-state index contributed by atoms with van der Waals surface area (Å²) in [4.78, 5) is 21.0. The third-order valence-electron chi connectivity index (χ3n) is 4.71. The summed E-state index contributed by atoms with van der Waals surface area (Å²) in [5.41, 5.74) is 0.868. The van der Waals surface area contributed by atoms with Gasteiger partial charge in [0.25, 0.3) is 5.89 Å². The molecule has 1 aliphatic heterocycles. The number of hydrogen-bond acceptors (Lipinski definition) is 7. The van der Waals surface area contributed by atoms with Crippen LogP contribution >= 0.6 is 0 Å². The molecule has 1 aliphatic rings. The molecular weight excluding hydrogens is 348 g/mol. The van der Waals surface area contributed by atoms with Crippen LogP contribution in [0.3, 0.4) is 0 Å². The molecule has 4 rings (SSSR count). The highest BCUT2D eigenvalue weighted by Crippen LogP contribution is 2.24. The number of methoxy groups -OCH3 is 1. The molecule has 1 saturated heterocycles. The van der Waals surface area contributed by atoms with Gasteiger partial charge in [-0.3, -0.25) is 9.69 Å². The summed E-state index contributed by atoms with van der Waals surface area (Å²) in [6, 6.07) is 10.7. The number of nitrogens with zero attached hydrogens (tertiary/aromatic N) is 4. The Morgan fingerprint density at radius 3 is 2.74 bits per heavy atom. The first-order valence-corrected chi connectivity index (χ1v) is 8.71. The molecule has 0 bridgehead atoms. The van der Waals surface area contributed by atoms with Crippen LogP contribution in [0.25, 0.3) is 11.7 Å². The molecule has 1 amide bonds. The van der Waals surface area contributed by atoms with E-state index in [0.29, 0.717) is 37.1 Å². The Labute approximate surface area is 156 Å². The molecule has 1 fully saturated rings. The van der Waals surface area contributed by atoms with Gasteiger partial charge < -0.3 is 18.6 Å². The molecule has 27 heavy (non-hydrogen) atoms. The minimum absolute atomic E-state index is 0.0427. The van der Waals surface area contributed by atoms with Crippen molar-refractivity contribution in [1.82, 2.24) is 15.0 Å². The van der Waals surface area contributed by atoms with Crippen molar-refractivity contribution in [1.29, 1.82) is 0 Å². The average molecular weight is 368 g/mol. The first-order valence-electron chi connectivity index (χ1n) is 8.71. The lowest BCUT2D eigenvalue weighted by atomic mass is 10.1. The van der Waals surface area contributed by atoms with Gasteiger partial charge in [0, 0.05) is 18.8 Å². The van der Waals surface area contributed by atoms with Gasteiger partial charge in [-0.05, 0) is 43.3 Å². The molecule has 1 aromatic carbocycles. The predicted octanol–water partition coefficient (Wildman–Crippen LogP) is 2.58. The molecule has 0 radical (unpaired) electrons. The van der Waals surface area contributed by atoms with Crippen LogP contribution in [0.1, 0.15) is 12.7 Å². The third-order valence-corrected chi connectivity index (χ3v) is 4.71. The van der Waals surface area contributed by atoms with Gasteiger partial charge in [0.15, 0.2) is 11.6 Å². The molecule has 0 N–H and O–H groups in total. The summed E-state index contributed by atoms with van der Waals surface area (Å²) in [6.45, 7) is 3.64. The zero-order chi connectivity index (χ0) is 18.8. The number of amides is 1. The second kappa shape index (κ2) is 7.24. The summed E-state index contributed by atoms with van der Waals surface area (Å²) in [7, 11) is 1.62. The van der Waals surface area contributed by atoms with Crippen molar-refractivity contribution in [3.8, 4) is 17.4 Å². The Balaban J connectivity index is 1.43. The molecule has 8 heteroatoms. The van der Waals surface area contributed by atoms with Crippen LogP contribution in [-0.4, -0.2) is 47.2 Å². The third kappa shape index (κ3) is 3.43. The van der Waals surface area contributed by atoms with Gasteiger partial charge in [0.2, 0.25) is 5.91 Å². The summed E-state index contributed by atoms with van der Waals surface area (Å²) < 4.78 is 15.7. The number of rotatable bonds is 5. The second-order valence-electron chi connectivity index (χ2n) is 6.33. The average Bonchev–Trinajstić information content (AvgIpc) is 3.37. The van der Waals surface area contributed by atoms with E-state index >= 15 is 0 Å². The summed E-state index contributed by atoms with van der Waals surface area (Å²) in [6.07, 6.45) is 1.55. The smallest absolute Gasteiger partial charge is 0.293 e. The van der Waals surface area contributed by atoms with Crippen LogP contribution in [0.5, 0.6) is 5.75 Å². The molecule has 2 aromatic heterocycles. The number of hydrogen-bond donors (Lipinski definition) is 0. The first-order chi connectivity index (χ1) is 13.2. The van der Waals surface area contributed by atoms with Gasteiger partial charge in [-0.25, -0.2) is 0 Å². The lowest BCUT2D eigenvalue weighted by molar-refractivity contribution is -0.125. The number of ether oxygens (including phenoxy) is 1. The fourth-order valence-corrected chi connectivity index (χ4v) is 3.15. The molecule has 3 aromatic rings. The molecule has 0 unspecified atom stereocenters. The summed E-state index contributed by atoms with van der Waals surface area (Å²) in [5, 5.41) is 4.00. The second-order valence-corrected chi connectivity index (χ2v) is 6.33. The van der Waals surface area contributed by atoms with E-state index < -0.39 is 0 Å². The normalized spacial score (nSPS) is 18.1. The van der Waals surface area contributed by atoms with Gasteiger partial charge in [-0.1, -0.05) is 5.16 Å². The van der Waals surface area contributed by atoms with Gasteiger partial charge in [-0.2, -0.15) is 4.98 Å². The Kier molecular flexibility index (Phi) is 4.64. The largest absolute Gasteiger partial charge is 0.497 e. The zero-order valence-electron chi connectivity index (χ0n) is 15.2. The number of piperazine rings is 1. The standard InChI is InChI=1S/C19H20N4O4/c1-13-19(24)23(14-5-7-15(25-2)8-6-14)10-9-22(13)12-17-20-18(27-21-17)16-4-3-11-26-16/h3-8,11,13H,9-10,12H2,1-2H3/t13-/m1/s1. The number of furan rings is 1. The number of carbonyl (C=O) groups excluding carboxylic acids is 1. The topological polar surface area (TPSA) is 84.8 Å². The predicted molar refractivity (Wildman–Crippen MR) is 97.2 cm³/mol. The minimum atomic E-state index is -0.286. The highest BCUT2D eigenvalue weighted by atomic mass is 16.5. The van der Waals surface area contributed by atoms with E-state index in [9.17, 15) is 4.79 Å². The van der Waals surface area contributed by atoms with E-state index in [1.54, 1.807) is 30.4 Å². The fraction of sp³-hybridized carbons (Fsp3) is 0.316. The van der Waals surface area contributed by atoms with E-state index in [2.05, 4.69) is 10.1 Å². The number of aromatic nitrogens is 2. The Hall–Kier alpha value is -3.13. The maximum Gasteiger partial charge on any atom is 0.293 e. The van der Waals surface area contributed by atoms with Crippen LogP contribution in [0.15, 0.2) is 51.6 Å². The van der Waals surface area contributed by atoms with E-state index in [-0.39, 0.29) is 11.9 Å². The van der Waals surface area contributed by atoms with E-state index in [1.165, 1.54) is 0 Å². The lowest BCUT2D eigenvalue weighted by Crippen LogP contribution is -2.55. The van der Waals surface area contributed by atoms with Crippen LogP contribution in [0, 0.1) is 0 Å². The van der Waals surface area contributed by atoms with Crippen molar-refractivity contribution in [3.63, 3.8) is 0 Å². The molecular formula is C19H20N4O4. The Morgan fingerprint density at radius 2 is 2.04 bits per heavy atom. The summed E-state index contributed by atoms with van der Waals surface area (Å²) >= 11 is 0. The van der Waals surface area contributed by atoms with Crippen molar-refractivity contribution in [2.75, 3.05) is 25.1 Å².